The van der Waals surface area contributed by atoms with Crippen molar-refractivity contribution in [2.75, 3.05) is 5.73 Å². The summed E-state index contributed by atoms with van der Waals surface area (Å²) in [4.78, 5) is 11.8. The number of hydrogen-bond acceptors (Lipinski definition) is 3. The average molecular weight is 267 g/mol. The Bertz CT molecular complexity index is 421. The molecule has 0 aliphatic rings. The van der Waals surface area contributed by atoms with Crippen LogP contribution in [0.3, 0.4) is 0 Å². The quantitative estimate of drug-likeness (QED) is 0.462. The minimum atomic E-state index is -0.636. The normalized spacial score (nSPS) is 12.2. The summed E-state index contributed by atoms with van der Waals surface area (Å²) in [6.07, 6.45) is 5.13. The zero-order valence-electron chi connectivity index (χ0n) is 11.6. The maximum Gasteiger partial charge on any atom is 0.341 e. The highest BCUT2D eigenvalue weighted by molar-refractivity contribution is 5.90. The largest absolute Gasteiger partial charge is 0.459 e. The lowest BCUT2D eigenvalue weighted by Gasteiger charge is -2.13. The first-order valence-corrected chi connectivity index (χ1v) is 6.80. The van der Waals surface area contributed by atoms with Gasteiger partial charge < -0.3 is 10.5 Å². The summed E-state index contributed by atoms with van der Waals surface area (Å²) in [6.45, 7) is 3.98. The van der Waals surface area contributed by atoms with E-state index in [1.165, 1.54) is 25.0 Å². The minimum absolute atomic E-state index is 0.0605. The second-order valence-electron chi connectivity index (χ2n) is 4.80. The third kappa shape index (κ3) is 5.28. The smallest absolute Gasteiger partial charge is 0.341 e. The van der Waals surface area contributed by atoms with Gasteiger partial charge in [-0.15, -0.1) is 0 Å². The number of nitrogen functional groups attached to an aromatic ring is 1. The summed E-state index contributed by atoms with van der Waals surface area (Å²) in [7, 11) is 0. The predicted octanol–water partition coefficient (Wildman–Crippen LogP) is 3.92. The summed E-state index contributed by atoms with van der Waals surface area (Å²) < 4.78 is 18.7. The van der Waals surface area contributed by atoms with Gasteiger partial charge in [0, 0.05) is 5.69 Å². The molecular formula is C15H22FNO2. The molecular weight excluding hydrogens is 245 g/mol. The summed E-state index contributed by atoms with van der Waals surface area (Å²) in [5, 5.41) is 0. The molecule has 19 heavy (non-hydrogen) atoms. The van der Waals surface area contributed by atoms with Crippen molar-refractivity contribution in [1.29, 1.82) is 0 Å². The molecule has 0 saturated heterocycles. The maximum atomic E-state index is 13.5. The first kappa shape index (κ1) is 15.5. The van der Waals surface area contributed by atoms with Gasteiger partial charge in [0.25, 0.3) is 0 Å². The lowest BCUT2D eigenvalue weighted by atomic mass is 10.1. The number of unbranched alkanes of at least 4 members (excludes halogenated alkanes) is 3. The Morgan fingerprint density at radius 1 is 1.37 bits per heavy atom. The van der Waals surface area contributed by atoms with Crippen LogP contribution in [-0.4, -0.2) is 12.1 Å². The number of rotatable bonds is 7. The Kier molecular flexibility index (Phi) is 6.33. The van der Waals surface area contributed by atoms with Crippen molar-refractivity contribution in [3.63, 3.8) is 0 Å². The third-order valence-corrected chi connectivity index (χ3v) is 2.99. The molecule has 2 N–H and O–H groups in total. The molecule has 0 radical (unpaired) electrons. The van der Waals surface area contributed by atoms with E-state index >= 15 is 0 Å². The Hall–Kier alpha value is -1.58. The molecule has 0 bridgehead atoms. The van der Waals surface area contributed by atoms with E-state index in [9.17, 15) is 9.18 Å². The van der Waals surface area contributed by atoms with E-state index in [2.05, 4.69) is 6.92 Å². The van der Waals surface area contributed by atoms with Gasteiger partial charge in [0.15, 0.2) is 0 Å². The van der Waals surface area contributed by atoms with Gasteiger partial charge in [-0.3, -0.25) is 0 Å². The maximum absolute atomic E-state index is 13.5. The monoisotopic (exact) mass is 267 g/mol. The molecule has 0 spiro atoms. The van der Waals surface area contributed by atoms with E-state index in [4.69, 9.17) is 10.5 Å². The molecule has 0 heterocycles. The molecule has 0 fully saturated rings. The van der Waals surface area contributed by atoms with E-state index < -0.39 is 11.8 Å². The van der Waals surface area contributed by atoms with E-state index in [0.717, 1.165) is 25.3 Å². The SMILES string of the molecule is CCCCCCC(C)OC(=O)c1ccc(N)cc1F. The van der Waals surface area contributed by atoms with Crippen LogP contribution in [0.5, 0.6) is 0 Å². The molecule has 1 aromatic rings. The molecule has 0 aliphatic carbocycles. The molecule has 1 rings (SSSR count). The number of hydrogen-bond donors (Lipinski definition) is 1. The van der Waals surface area contributed by atoms with E-state index in [0.29, 0.717) is 5.69 Å². The number of halogens is 1. The van der Waals surface area contributed by atoms with Crippen molar-refractivity contribution in [3.8, 4) is 0 Å². The van der Waals surface area contributed by atoms with Crippen molar-refractivity contribution >= 4 is 11.7 Å². The van der Waals surface area contributed by atoms with Crippen LogP contribution in [-0.2, 0) is 4.74 Å². The third-order valence-electron chi connectivity index (χ3n) is 2.99. The number of carbonyl (C=O) groups is 1. The van der Waals surface area contributed by atoms with Crippen molar-refractivity contribution < 1.29 is 13.9 Å². The Morgan fingerprint density at radius 2 is 2.11 bits per heavy atom. The summed E-state index contributed by atoms with van der Waals surface area (Å²) in [6, 6.07) is 3.98. The van der Waals surface area contributed by atoms with Crippen LogP contribution >= 0.6 is 0 Å². The molecule has 3 nitrogen and oxygen atoms in total. The van der Waals surface area contributed by atoms with Crippen molar-refractivity contribution in [2.24, 2.45) is 0 Å². The molecule has 1 unspecified atom stereocenters. The minimum Gasteiger partial charge on any atom is -0.459 e. The van der Waals surface area contributed by atoms with Crippen LogP contribution in [0.4, 0.5) is 10.1 Å². The number of carbonyl (C=O) groups excluding carboxylic acids is 1. The second kappa shape index (κ2) is 7.77. The number of esters is 1. The highest BCUT2D eigenvalue weighted by Gasteiger charge is 2.16. The van der Waals surface area contributed by atoms with Crippen molar-refractivity contribution in [1.82, 2.24) is 0 Å². The molecule has 0 aromatic heterocycles. The predicted molar refractivity (Wildman–Crippen MR) is 74.4 cm³/mol. The summed E-state index contributed by atoms with van der Waals surface area (Å²) in [5.41, 5.74) is 5.66. The van der Waals surface area contributed by atoms with Gasteiger partial charge >= 0.3 is 5.97 Å². The van der Waals surface area contributed by atoms with Crippen LogP contribution in [0.25, 0.3) is 0 Å². The number of anilines is 1. The van der Waals surface area contributed by atoms with Gasteiger partial charge in [-0.05, 0) is 38.0 Å². The lowest BCUT2D eigenvalue weighted by Crippen LogP contribution is -2.16. The Labute approximate surface area is 113 Å². The summed E-state index contributed by atoms with van der Waals surface area (Å²) in [5.74, 6) is -1.26. The zero-order chi connectivity index (χ0) is 14.3. The highest BCUT2D eigenvalue weighted by Crippen LogP contribution is 2.15. The van der Waals surface area contributed by atoms with Crippen LogP contribution in [0.15, 0.2) is 18.2 Å². The van der Waals surface area contributed by atoms with Gasteiger partial charge in [-0.2, -0.15) is 0 Å². The average Bonchev–Trinajstić information content (AvgIpc) is 2.34. The van der Waals surface area contributed by atoms with Crippen LogP contribution in [0, 0.1) is 5.82 Å². The van der Waals surface area contributed by atoms with E-state index in [1.807, 2.05) is 6.92 Å². The van der Waals surface area contributed by atoms with E-state index in [1.54, 1.807) is 0 Å². The highest BCUT2D eigenvalue weighted by atomic mass is 19.1. The van der Waals surface area contributed by atoms with Gasteiger partial charge in [0.2, 0.25) is 0 Å². The zero-order valence-corrected chi connectivity index (χ0v) is 11.6. The van der Waals surface area contributed by atoms with Gasteiger partial charge in [0.05, 0.1) is 11.7 Å². The second-order valence-corrected chi connectivity index (χ2v) is 4.80. The standard InChI is InChI=1S/C15H22FNO2/c1-3-4-5-6-7-11(2)19-15(18)13-9-8-12(17)10-14(13)16/h8-11H,3-7,17H2,1-2H3. The van der Waals surface area contributed by atoms with Gasteiger partial charge in [-0.25, -0.2) is 9.18 Å². The number of benzene rings is 1. The summed E-state index contributed by atoms with van der Waals surface area (Å²) >= 11 is 0. The van der Waals surface area contributed by atoms with Crippen LogP contribution in [0.2, 0.25) is 0 Å². The number of ether oxygens (including phenoxy) is 1. The van der Waals surface area contributed by atoms with Crippen LogP contribution in [0.1, 0.15) is 56.3 Å². The molecule has 1 aromatic carbocycles. The van der Waals surface area contributed by atoms with Crippen molar-refractivity contribution in [3.05, 3.63) is 29.6 Å². The fourth-order valence-corrected chi connectivity index (χ4v) is 1.86. The first-order valence-electron chi connectivity index (χ1n) is 6.80. The van der Waals surface area contributed by atoms with Crippen LogP contribution < -0.4 is 5.73 Å². The molecule has 0 amide bonds. The first-order chi connectivity index (χ1) is 9.04. The van der Waals surface area contributed by atoms with Crippen molar-refractivity contribution in [2.45, 2.75) is 52.1 Å². The molecule has 4 heteroatoms. The molecule has 106 valence electrons. The molecule has 0 saturated carbocycles. The Balaban J connectivity index is 2.45. The number of nitrogens with two attached hydrogens (primary N) is 1. The Morgan fingerprint density at radius 3 is 2.74 bits per heavy atom. The fourth-order valence-electron chi connectivity index (χ4n) is 1.86. The fraction of sp³-hybridized carbons (Fsp3) is 0.533. The molecule has 1 atom stereocenters. The van der Waals surface area contributed by atoms with E-state index in [-0.39, 0.29) is 11.7 Å². The van der Waals surface area contributed by atoms with Gasteiger partial charge in [-0.1, -0.05) is 26.2 Å². The lowest BCUT2D eigenvalue weighted by molar-refractivity contribution is 0.0314. The van der Waals surface area contributed by atoms with Gasteiger partial charge in [0.1, 0.15) is 5.82 Å². The topological polar surface area (TPSA) is 52.3 Å². The molecule has 0 aliphatic heterocycles.